The molecule has 0 spiro atoms. The first-order chi connectivity index (χ1) is 24.2. The van der Waals surface area contributed by atoms with Gasteiger partial charge in [0.15, 0.2) is 5.60 Å². The van der Waals surface area contributed by atoms with Gasteiger partial charge in [0, 0.05) is 0 Å². The first-order valence-corrected chi connectivity index (χ1v) is 16.4. The Morgan fingerprint density at radius 1 is 0.545 bits per heavy atom. The summed E-state index contributed by atoms with van der Waals surface area (Å²) in [6.45, 7) is 15.0. The highest BCUT2D eigenvalue weighted by Crippen LogP contribution is 2.51. The normalized spacial score (nSPS) is 12.3. The Balaban J connectivity index is -0.000000152. The minimum atomic E-state index is -6.06. The highest BCUT2D eigenvalue weighted by Gasteiger charge is 2.78. The van der Waals surface area contributed by atoms with Crippen LogP contribution in [0.5, 0.6) is 0 Å². The molecule has 0 aromatic heterocycles. The van der Waals surface area contributed by atoms with Crippen molar-refractivity contribution in [2.75, 3.05) is 33.7 Å². The monoisotopic (exact) mass is 846 g/mol. The summed E-state index contributed by atoms with van der Waals surface area (Å²) < 4.78 is 170. The summed E-state index contributed by atoms with van der Waals surface area (Å²) >= 11 is 0. The Kier molecular flexibility index (Phi) is 32.6. The molecule has 0 aliphatic carbocycles. The Labute approximate surface area is 315 Å². The first-order valence-electron chi connectivity index (χ1n) is 16.4. The van der Waals surface area contributed by atoms with Crippen LogP contribution in [0, 0.1) is 21.7 Å². The summed E-state index contributed by atoms with van der Waals surface area (Å²) in [5.74, 6) is -1.68. The lowest BCUT2D eigenvalue weighted by atomic mass is 9.83. The van der Waals surface area contributed by atoms with Gasteiger partial charge in [-0.05, 0) is 80.1 Å². The van der Waals surface area contributed by atoms with Crippen LogP contribution in [-0.4, -0.2) is 87.0 Å². The van der Waals surface area contributed by atoms with Crippen LogP contribution in [0.15, 0.2) is 0 Å². The van der Waals surface area contributed by atoms with Gasteiger partial charge in [-0.25, -0.2) is 22.0 Å². The minimum Gasteiger partial charge on any atom is -0.465 e. The summed E-state index contributed by atoms with van der Waals surface area (Å²) in [7, 11) is 0. The molecule has 0 aliphatic rings. The summed E-state index contributed by atoms with van der Waals surface area (Å²) in [5.41, 5.74) is -10.5. The van der Waals surface area contributed by atoms with Crippen LogP contribution in [0.25, 0.3) is 0 Å². The van der Waals surface area contributed by atoms with Crippen molar-refractivity contribution in [1.82, 2.24) is 0 Å². The molecule has 0 aromatic carbocycles. The number of aliphatic hydroxyl groups is 1. The molecule has 336 valence electrons. The summed E-state index contributed by atoms with van der Waals surface area (Å²) in [5, 5.41) is 9.27. The molecule has 0 unspecified atom stereocenters. The van der Waals surface area contributed by atoms with E-state index in [-0.39, 0.29) is 35.8 Å². The standard InChI is InChI=1S/C12H18F6O3.C11H22O2.C8H15FO2.CHF3.2CH2F2/c1-6-8(2,3)7(19)21-9(4,5)10(20,11(13,14)15)12(16,17)18;1-7-11(5,6)9(12)13-8-10(2,3)4;1-4-8(2,3)7(10)11-6-5-9;2-1(3)4;2*2-1-3/h20H,6H2,1-5H3;7-8H2,1-6H3;4-6H2,1-3H3;1H;2*1H2. The molecule has 55 heavy (non-hydrogen) atoms. The maximum Gasteiger partial charge on any atom is 0.430 e. The third-order valence-electron chi connectivity index (χ3n) is 7.30. The van der Waals surface area contributed by atoms with E-state index in [0.29, 0.717) is 26.9 Å². The van der Waals surface area contributed by atoms with Gasteiger partial charge in [0.1, 0.15) is 13.3 Å². The zero-order chi connectivity index (χ0) is 46.1. The third kappa shape index (κ3) is 28.4. The van der Waals surface area contributed by atoms with Crippen LogP contribution in [-0.2, 0) is 28.6 Å². The van der Waals surface area contributed by atoms with Gasteiger partial charge in [0.25, 0.3) is 5.60 Å². The maximum absolute atomic E-state index is 12.8. The lowest BCUT2D eigenvalue weighted by molar-refractivity contribution is -0.408. The molecule has 0 fully saturated rings. The van der Waals surface area contributed by atoms with Crippen molar-refractivity contribution in [2.24, 2.45) is 21.7 Å². The number of ether oxygens (including phenoxy) is 3. The molecule has 0 radical (unpaired) electrons. The first kappa shape index (κ1) is 64.3. The van der Waals surface area contributed by atoms with Gasteiger partial charge in [-0.3, -0.25) is 14.4 Å². The molecule has 0 saturated carbocycles. The van der Waals surface area contributed by atoms with Crippen LogP contribution in [0.3, 0.4) is 0 Å². The largest absolute Gasteiger partial charge is 0.465 e. The van der Waals surface area contributed by atoms with Crippen molar-refractivity contribution >= 4 is 17.9 Å². The lowest BCUT2D eigenvalue weighted by Gasteiger charge is -2.44. The van der Waals surface area contributed by atoms with Gasteiger partial charge in [0.2, 0.25) is 13.9 Å². The van der Waals surface area contributed by atoms with Crippen LogP contribution in [0.1, 0.15) is 116 Å². The SMILES string of the molecule is CCC(C)(C)C(=O)OC(C)(C)C(O)(C(F)(F)F)C(F)(F)F.CCC(C)(C)C(=O)OCC(C)(C)C.CCC(C)(C)C(=O)OCCF.FC(F)F.FCF.FCF. The Bertz CT molecular complexity index is 1000. The zero-order valence-electron chi connectivity index (χ0n) is 33.9. The van der Waals surface area contributed by atoms with Crippen molar-refractivity contribution in [2.45, 2.75) is 146 Å². The van der Waals surface area contributed by atoms with Crippen LogP contribution < -0.4 is 0 Å². The number of carbonyl (C=O) groups excluding carboxylic acids is 3. The van der Waals surface area contributed by atoms with E-state index in [0.717, 1.165) is 6.42 Å². The van der Waals surface area contributed by atoms with Gasteiger partial charge in [-0.15, -0.1) is 0 Å². The average Bonchev–Trinajstić information content (AvgIpc) is 3.01. The molecular weight excluding hydrogens is 786 g/mol. The number of carbonyl (C=O) groups is 3. The lowest BCUT2D eigenvalue weighted by Crippen LogP contribution is -2.70. The Hall–Kier alpha value is -2.61. The molecule has 0 heterocycles. The zero-order valence-corrected chi connectivity index (χ0v) is 33.9. The van der Waals surface area contributed by atoms with Gasteiger partial charge < -0.3 is 19.3 Å². The van der Waals surface area contributed by atoms with E-state index >= 15 is 0 Å². The summed E-state index contributed by atoms with van der Waals surface area (Å²) in [4.78, 5) is 34.3. The van der Waals surface area contributed by atoms with Crippen molar-refractivity contribution in [3.8, 4) is 0 Å². The van der Waals surface area contributed by atoms with Gasteiger partial charge >= 0.3 is 36.9 Å². The van der Waals surface area contributed by atoms with E-state index in [2.05, 4.69) is 30.2 Å². The van der Waals surface area contributed by atoms with E-state index < -0.39 is 67.6 Å². The highest BCUT2D eigenvalue weighted by atomic mass is 19.4. The fourth-order valence-electron chi connectivity index (χ4n) is 2.52. The smallest absolute Gasteiger partial charge is 0.430 e. The Morgan fingerprint density at radius 3 is 1.02 bits per heavy atom. The van der Waals surface area contributed by atoms with Crippen molar-refractivity contribution in [3.63, 3.8) is 0 Å². The van der Waals surface area contributed by atoms with Crippen molar-refractivity contribution in [1.29, 1.82) is 0 Å². The average molecular weight is 847 g/mol. The minimum absolute atomic E-state index is 0.0550. The number of rotatable bonds is 11. The molecule has 1 N–H and O–H groups in total. The second-order valence-electron chi connectivity index (χ2n) is 14.7. The van der Waals surface area contributed by atoms with Gasteiger partial charge in [-0.2, -0.15) is 39.5 Å². The molecule has 0 amide bonds. The van der Waals surface area contributed by atoms with E-state index in [9.17, 15) is 81.0 Å². The second kappa shape index (κ2) is 27.9. The second-order valence-corrected chi connectivity index (χ2v) is 14.7. The van der Waals surface area contributed by atoms with Crippen LogP contribution in [0.4, 0.5) is 61.5 Å². The molecule has 0 atom stereocenters. The molecule has 0 bridgehead atoms. The highest BCUT2D eigenvalue weighted by molar-refractivity contribution is 5.77. The predicted molar refractivity (Wildman–Crippen MR) is 178 cm³/mol. The van der Waals surface area contributed by atoms with Crippen LogP contribution in [0.2, 0.25) is 0 Å². The van der Waals surface area contributed by atoms with Gasteiger partial charge in [-0.1, -0.05) is 41.5 Å². The number of esters is 3. The topological polar surface area (TPSA) is 99.1 Å². The fraction of sp³-hybridized carbons (Fsp3) is 0.912. The molecule has 0 aliphatic heterocycles. The fourth-order valence-corrected chi connectivity index (χ4v) is 2.52. The van der Waals surface area contributed by atoms with E-state index in [1.165, 1.54) is 20.8 Å². The number of alkyl halides is 14. The molecule has 21 heteroatoms. The number of halogens is 14. The van der Waals surface area contributed by atoms with Gasteiger partial charge in [0.05, 0.1) is 22.9 Å². The van der Waals surface area contributed by atoms with Crippen molar-refractivity contribution in [3.05, 3.63) is 0 Å². The maximum atomic E-state index is 12.8. The third-order valence-corrected chi connectivity index (χ3v) is 7.30. The quantitative estimate of drug-likeness (QED) is 0.126. The summed E-state index contributed by atoms with van der Waals surface area (Å²) in [6.07, 6.45) is -10.5. The van der Waals surface area contributed by atoms with E-state index in [4.69, 9.17) is 4.74 Å². The Morgan fingerprint density at radius 2 is 0.800 bits per heavy atom. The van der Waals surface area contributed by atoms with Crippen LogP contribution >= 0.6 is 0 Å². The molecule has 7 nitrogen and oxygen atoms in total. The molecule has 0 saturated heterocycles. The van der Waals surface area contributed by atoms with E-state index in [1.54, 1.807) is 13.8 Å². The number of hydrogen-bond donors (Lipinski definition) is 1. The van der Waals surface area contributed by atoms with Crippen molar-refractivity contribution < 1.29 is 95.2 Å². The number of hydrogen-bond acceptors (Lipinski definition) is 7. The molecule has 0 aromatic rings. The van der Waals surface area contributed by atoms with E-state index in [1.807, 2.05) is 27.7 Å². The predicted octanol–water partition coefficient (Wildman–Crippen LogP) is 11.5. The summed E-state index contributed by atoms with van der Waals surface area (Å²) in [6, 6.07) is 0. The molecule has 0 rings (SSSR count). The molecular formula is C34H60F14O7.